The summed E-state index contributed by atoms with van der Waals surface area (Å²) in [6.45, 7) is 0. The molecule has 2 unspecified atom stereocenters. The zero-order chi connectivity index (χ0) is 43.3. The molecule has 0 spiro atoms. The van der Waals surface area contributed by atoms with E-state index in [0.717, 1.165) is 5.69 Å². The van der Waals surface area contributed by atoms with Gasteiger partial charge in [-0.3, -0.25) is 0 Å². The second kappa shape index (κ2) is 14.5. The van der Waals surface area contributed by atoms with E-state index in [4.69, 9.17) is 0 Å². The van der Waals surface area contributed by atoms with Crippen molar-refractivity contribution in [2.24, 2.45) is 0 Å². The Morgan fingerprint density at radius 3 is 1.59 bits per heavy atom. The van der Waals surface area contributed by atoms with Crippen LogP contribution >= 0.6 is 0 Å². The maximum Gasteiger partial charge on any atom is 0.0702 e. The number of nitrogens with zero attached hydrogens (tertiary/aromatic N) is 2. The van der Waals surface area contributed by atoms with Crippen molar-refractivity contribution in [1.29, 1.82) is 0 Å². The van der Waals surface area contributed by atoms with Gasteiger partial charge in [-0.1, -0.05) is 194 Å². The van der Waals surface area contributed by atoms with E-state index in [2.05, 4.69) is 252 Å². The van der Waals surface area contributed by atoms with Gasteiger partial charge in [0, 0.05) is 39.0 Å². The largest absolute Gasteiger partial charge is 0.332 e. The van der Waals surface area contributed by atoms with Crippen LogP contribution in [0.5, 0.6) is 0 Å². The fourth-order valence-electron chi connectivity index (χ4n) is 11.7. The minimum atomic E-state index is 0.0171. The minimum absolute atomic E-state index is 0.0171. The van der Waals surface area contributed by atoms with Crippen LogP contribution in [0, 0.1) is 0 Å². The number of hydrogen-bond donors (Lipinski definition) is 0. The zero-order valence-electron chi connectivity index (χ0n) is 36.1. The Morgan fingerprint density at radius 2 is 0.879 bits per heavy atom. The lowest BCUT2D eigenvalue weighted by atomic mass is 9.82. The normalized spacial score (nSPS) is 14.9. The monoisotopic (exact) mass is 838 g/mol. The second-order valence-electron chi connectivity index (χ2n) is 18.0. The van der Waals surface area contributed by atoms with E-state index in [1.165, 1.54) is 115 Å². The first-order valence-electron chi connectivity index (χ1n) is 23.1. The third kappa shape index (κ3) is 5.49. The summed E-state index contributed by atoms with van der Waals surface area (Å²) < 4.78 is 2.55. The number of hydrogen-bond acceptors (Lipinski definition) is 1. The number of para-hydroxylation sites is 2. The van der Waals surface area contributed by atoms with Crippen molar-refractivity contribution in [2.75, 3.05) is 4.90 Å². The van der Waals surface area contributed by atoms with Gasteiger partial charge in [-0.25, -0.2) is 0 Å². The maximum atomic E-state index is 2.66. The third-order valence-corrected chi connectivity index (χ3v) is 14.4. The van der Waals surface area contributed by atoms with Crippen LogP contribution in [-0.2, 0) is 0 Å². The molecule has 1 aromatic heterocycles. The first-order chi connectivity index (χ1) is 32.8. The third-order valence-electron chi connectivity index (χ3n) is 14.4. The maximum absolute atomic E-state index is 2.66. The van der Waals surface area contributed by atoms with Crippen molar-refractivity contribution in [2.45, 2.75) is 12.0 Å². The van der Waals surface area contributed by atoms with Crippen molar-refractivity contribution in [1.82, 2.24) is 4.57 Å². The van der Waals surface area contributed by atoms with Crippen molar-refractivity contribution < 1.29 is 0 Å². The number of rotatable bonds is 6. The molecule has 2 heterocycles. The average molecular weight is 839 g/mol. The molecule has 2 nitrogen and oxygen atoms in total. The molecule has 2 atom stereocenters. The van der Waals surface area contributed by atoms with E-state index in [1.807, 2.05) is 0 Å². The van der Waals surface area contributed by atoms with Crippen LogP contribution in [0.2, 0.25) is 0 Å². The molecule has 0 aliphatic carbocycles. The van der Waals surface area contributed by atoms with E-state index in [1.54, 1.807) is 0 Å². The van der Waals surface area contributed by atoms with Crippen LogP contribution in [0.15, 0.2) is 243 Å². The molecule has 0 amide bonds. The SMILES string of the molecule is c1ccc(-c2c(-c3ccc4ccccc4c3)n(-c3ccccc3)c3c2cc2ccc4c5c(cc6ccc3c2c64)C(c2ccccc2)C(c2ccc3ccccc3c2)N5c2ccccc2)cc1. The molecule has 14 rings (SSSR count). The first kappa shape index (κ1) is 37.0. The van der Waals surface area contributed by atoms with Gasteiger partial charge in [-0.2, -0.15) is 0 Å². The smallest absolute Gasteiger partial charge is 0.0702 e. The molecule has 0 fully saturated rings. The van der Waals surface area contributed by atoms with Crippen LogP contribution in [0.3, 0.4) is 0 Å². The first-order valence-corrected chi connectivity index (χ1v) is 23.1. The minimum Gasteiger partial charge on any atom is -0.332 e. The number of benzene rings is 12. The molecular formula is C64H42N2. The van der Waals surface area contributed by atoms with Crippen molar-refractivity contribution in [3.8, 4) is 28.1 Å². The average Bonchev–Trinajstić information content (AvgIpc) is 3.92. The summed E-state index contributed by atoms with van der Waals surface area (Å²) in [5.74, 6) is 0.0875. The Hall–Kier alpha value is -8.46. The highest BCUT2D eigenvalue weighted by Gasteiger charge is 2.43. The van der Waals surface area contributed by atoms with Gasteiger partial charge in [-0.15, -0.1) is 0 Å². The molecule has 0 bridgehead atoms. The number of aromatic nitrogens is 1. The standard InChI is InChI=1S/C64H42N2/c1-5-19-43(20-6-1)59-55-39-47-33-36-54-58-48(34-35-53(57(47)58)63(55)65(51-25-9-3-10-26-51)61(59)49-31-29-41-17-13-15-23-45(41)37-49)40-56-60(44-21-7-2-8-22-44)62(66(64(54)56)52-27-11-4-12-28-52)50-32-30-42-18-14-16-24-46(42)38-50/h1-40,59,61H. The zero-order valence-corrected chi connectivity index (χ0v) is 36.1. The van der Waals surface area contributed by atoms with Gasteiger partial charge >= 0.3 is 0 Å². The van der Waals surface area contributed by atoms with Crippen LogP contribution in [0.1, 0.15) is 28.7 Å². The summed E-state index contributed by atoms with van der Waals surface area (Å²) in [6, 6.07) is 90.5. The summed E-state index contributed by atoms with van der Waals surface area (Å²) in [7, 11) is 0. The predicted octanol–water partition coefficient (Wildman–Crippen LogP) is 17.2. The fourth-order valence-corrected chi connectivity index (χ4v) is 11.7. The van der Waals surface area contributed by atoms with Gasteiger partial charge < -0.3 is 9.47 Å². The van der Waals surface area contributed by atoms with Gasteiger partial charge in [0.15, 0.2) is 0 Å². The van der Waals surface area contributed by atoms with Gasteiger partial charge in [0.1, 0.15) is 0 Å². The van der Waals surface area contributed by atoms with Crippen molar-refractivity contribution in [3.05, 3.63) is 259 Å². The molecule has 13 aromatic rings. The van der Waals surface area contributed by atoms with Crippen LogP contribution in [-0.4, -0.2) is 4.57 Å². The summed E-state index contributed by atoms with van der Waals surface area (Å²) in [6.07, 6.45) is 0. The van der Waals surface area contributed by atoms with E-state index in [-0.39, 0.29) is 12.0 Å². The lowest BCUT2D eigenvalue weighted by Crippen LogP contribution is -2.23. The lowest BCUT2D eigenvalue weighted by molar-refractivity contribution is 0.659. The Labute approximate surface area is 383 Å². The van der Waals surface area contributed by atoms with Gasteiger partial charge in [0.05, 0.1) is 22.9 Å². The summed E-state index contributed by atoms with van der Waals surface area (Å²) >= 11 is 0. The van der Waals surface area contributed by atoms with Gasteiger partial charge in [0.2, 0.25) is 0 Å². The highest BCUT2D eigenvalue weighted by molar-refractivity contribution is 6.32. The molecule has 1 aliphatic rings. The molecule has 1 aliphatic heterocycles. The van der Waals surface area contributed by atoms with Crippen molar-refractivity contribution >= 4 is 76.1 Å². The molecule has 0 N–H and O–H groups in total. The Morgan fingerprint density at radius 1 is 0.333 bits per heavy atom. The predicted molar refractivity (Wildman–Crippen MR) is 279 cm³/mol. The second-order valence-corrected chi connectivity index (χ2v) is 18.0. The van der Waals surface area contributed by atoms with Crippen LogP contribution < -0.4 is 4.90 Å². The van der Waals surface area contributed by atoms with E-state index in [0.29, 0.717) is 0 Å². The molecule has 0 radical (unpaired) electrons. The van der Waals surface area contributed by atoms with E-state index < -0.39 is 0 Å². The van der Waals surface area contributed by atoms with Gasteiger partial charge in [-0.05, 0) is 119 Å². The summed E-state index contributed by atoms with van der Waals surface area (Å²) in [5.41, 5.74) is 13.7. The van der Waals surface area contributed by atoms with Crippen molar-refractivity contribution in [3.63, 3.8) is 0 Å². The molecule has 308 valence electrons. The Kier molecular flexibility index (Phi) is 8.14. The molecule has 2 heteroatoms. The number of anilines is 2. The molecule has 0 saturated heterocycles. The van der Waals surface area contributed by atoms with E-state index in [9.17, 15) is 0 Å². The van der Waals surface area contributed by atoms with E-state index >= 15 is 0 Å². The molecule has 0 saturated carbocycles. The highest BCUT2D eigenvalue weighted by atomic mass is 15.2. The number of fused-ring (bicyclic) bond motifs is 6. The summed E-state index contributed by atoms with van der Waals surface area (Å²) in [4.78, 5) is 2.66. The topological polar surface area (TPSA) is 8.17 Å². The fraction of sp³-hybridized carbons (Fsp3) is 0.0312. The molecular weight excluding hydrogens is 797 g/mol. The molecule has 66 heavy (non-hydrogen) atoms. The lowest BCUT2D eigenvalue weighted by Gasteiger charge is -2.32. The van der Waals surface area contributed by atoms with Crippen LogP contribution in [0.4, 0.5) is 11.4 Å². The Bertz CT molecular complexity index is 3980. The van der Waals surface area contributed by atoms with Gasteiger partial charge in [0.25, 0.3) is 0 Å². The quantitative estimate of drug-likeness (QED) is 0.151. The Balaban J connectivity index is 1.11. The molecule has 12 aromatic carbocycles. The summed E-state index contributed by atoms with van der Waals surface area (Å²) in [5, 5.41) is 13.9. The highest BCUT2D eigenvalue weighted by Crippen LogP contribution is 2.59. The van der Waals surface area contributed by atoms with Crippen LogP contribution in [0.25, 0.3) is 92.8 Å².